The van der Waals surface area contributed by atoms with Gasteiger partial charge in [-0.05, 0) is 49.1 Å². The van der Waals surface area contributed by atoms with E-state index in [1.165, 1.54) is 5.56 Å². The van der Waals surface area contributed by atoms with Gasteiger partial charge in [0.1, 0.15) is 0 Å². The summed E-state index contributed by atoms with van der Waals surface area (Å²) in [5.74, 6) is 1.01. The van der Waals surface area contributed by atoms with Gasteiger partial charge >= 0.3 is 0 Å². The number of hydrogen-bond donors (Lipinski definition) is 1. The summed E-state index contributed by atoms with van der Waals surface area (Å²) in [6.07, 6.45) is 3.38. The van der Waals surface area contributed by atoms with Crippen molar-refractivity contribution in [2.75, 3.05) is 5.32 Å². The minimum Gasteiger partial charge on any atom is -0.339 e. The molecule has 1 aliphatic rings. The maximum atomic E-state index is 12.7. The lowest BCUT2D eigenvalue weighted by atomic mass is 9.98. The van der Waals surface area contributed by atoms with Gasteiger partial charge in [-0.2, -0.15) is 4.98 Å². The van der Waals surface area contributed by atoms with Gasteiger partial charge in [-0.15, -0.1) is 0 Å². The summed E-state index contributed by atoms with van der Waals surface area (Å²) in [5.41, 5.74) is 4.83. The number of aromatic nitrogens is 3. The van der Waals surface area contributed by atoms with Crippen LogP contribution in [-0.2, 0) is 11.2 Å². The Morgan fingerprint density at radius 1 is 1.24 bits per heavy atom. The summed E-state index contributed by atoms with van der Waals surface area (Å²) < 4.78 is 5.04. The van der Waals surface area contributed by atoms with E-state index in [1.807, 2.05) is 31.2 Å². The van der Waals surface area contributed by atoms with E-state index in [9.17, 15) is 4.79 Å². The normalized spacial score (nSPS) is 15.8. The third-order valence-electron chi connectivity index (χ3n) is 4.49. The van der Waals surface area contributed by atoms with Gasteiger partial charge in [0.15, 0.2) is 0 Å². The van der Waals surface area contributed by atoms with Gasteiger partial charge in [0.25, 0.3) is 0 Å². The molecule has 0 saturated heterocycles. The van der Waals surface area contributed by atoms with Crippen molar-refractivity contribution in [3.8, 4) is 11.4 Å². The minimum atomic E-state index is -0.135. The van der Waals surface area contributed by atoms with E-state index in [1.54, 1.807) is 13.1 Å². The molecule has 0 aliphatic heterocycles. The molecule has 1 atom stereocenters. The summed E-state index contributed by atoms with van der Waals surface area (Å²) in [6, 6.07) is 9.69. The third-order valence-corrected chi connectivity index (χ3v) is 4.49. The number of carbonyl (C=O) groups excluding carboxylic acids is 1. The van der Waals surface area contributed by atoms with Gasteiger partial charge in [-0.25, -0.2) is 0 Å². The first-order valence-corrected chi connectivity index (χ1v) is 8.27. The van der Waals surface area contributed by atoms with E-state index in [2.05, 4.69) is 26.5 Å². The zero-order valence-electron chi connectivity index (χ0n) is 14.1. The standard InChI is InChI=1S/C19H18N4O2/c1-11-9-15(7-8-20-11)22-19(24)17-6-3-13-10-14(4-5-16(13)17)18-21-12(2)25-23-18/h4-5,7-10,17H,3,6H2,1-2H3,(H,20,22,24). The smallest absolute Gasteiger partial charge is 0.231 e. The van der Waals surface area contributed by atoms with Crippen LogP contribution < -0.4 is 5.32 Å². The topological polar surface area (TPSA) is 80.9 Å². The molecule has 1 aromatic carbocycles. The number of benzene rings is 1. The van der Waals surface area contributed by atoms with Crippen molar-refractivity contribution in [2.24, 2.45) is 0 Å². The molecule has 1 N–H and O–H groups in total. The molecule has 126 valence electrons. The molecule has 2 heterocycles. The molecule has 1 aliphatic carbocycles. The van der Waals surface area contributed by atoms with E-state index >= 15 is 0 Å². The van der Waals surface area contributed by atoms with Crippen molar-refractivity contribution >= 4 is 11.6 Å². The van der Waals surface area contributed by atoms with Crippen molar-refractivity contribution in [1.29, 1.82) is 0 Å². The van der Waals surface area contributed by atoms with Gasteiger partial charge < -0.3 is 9.84 Å². The van der Waals surface area contributed by atoms with Gasteiger partial charge in [0, 0.05) is 30.1 Å². The third kappa shape index (κ3) is 3.03. The molecule has 0 spiro atoms. The van der Waals surface area contributed by atoms with E-state index < -0.39 is 0 Å². The first kappa shape index (κ1) is 15.5. The number of carbonyl (C=O) groups is 1. The Morgan fingerprint density at radius 3 is 2.88 bits per heavy atom. The predicted octanol–water partition coefficient (Wildman–Crippen LogP) is 3.42. The largest absolute Gasteiger partial charge is 0.339 e. The molecule has 1 unspecified atom stereocenters. The molecule has 3 aromatic rings. The van der Waals surface area contributed by atoms with Crippen molar-refractivity contribution in [2.45, 2.75) is 32.6 Å². The van der Waals surface area contributed by atoms with Crippen molar-refractivity contribution in [1.82, 2.24) is 15.1 Å². The first-order valence-electron chi connectivity index (χ1n) is 8.27. The Kier molecular flexibility index (Phi) is 3.80. The van der Waals surface area contributed by atoms with Crippen molar-refractivity contribution < 1.29 is 9.32 Å². The van der Waals surface area contributed by atoms with Gasteiger partial charge in [-0.3, -0.25) is 9.78 Å². The summed E-state index contributed by atoms with van der Waals surface area (Å²) in [5, 5.41) is 6.95. The quantitative estimate of drug-likeness (QED) is 0.794. The zero-order valence-corrected chi connectivity index (χ0v) is 14.1. The van der Waals surface area contributed by atoms with Gasteiger partial charge in [0.2, 0.25) is 17.6 Å². The lowest BCUT2D eigenvalue weighted by molar-refractivity contribution is -0.117. The van der Waals surface area contributed by atoms with E-state index in [4.69, 9.17) is 4.52 Å². The SMILES string of the molecule is Cc1cc(NC(=O)C2CCc3cc(-c4noc(C)n4)ccc32)ccn1. The maximum absolute atomic E-state index is 12.7. The van der Waals surface area contributed by atoms with E-state index in [0.717, 1.165) is 35.3 Å². The molecule has 2 aromatic heterocycles. The fraction of sp³-hybridized carbons (Fsp3) is 0.263. The molecule has 25 heavy (non-hydrogen) atoms. The number of rotatable bonds is 3. The highest BCUT2D eigenvalue weighted by Gasteiger charge is 2.29. The van der Waals surface area contributed by atoms with Crippen LogP contribution >= 0.6 is 0 Å². The fourth-order valence-corrected chi connectivity index (χ4v) is 3.30. The molecule has 0 fully saturated rings. The molecular formula is C19H18N4O2. The summed E-state index contributed by atoms with van der Waals surface area (Å²) in [4.78, 5) is 21.1. The van der Waals surface area contributed by atoms with Crippen molar-refractivity contribution in [3.05, 3.63) is 59.2 Å². The van der Waals surface area contributed by atoms with Crippen LogP contribution in [0.4, 0.5) is 5.69 Å². The summed E-state index contributed by atoms with van der Waals surface area (Å²) in [6.45, 7) is 3.67. The Balaban J connectivity index is 1.56. The molecule has 1 amide bonds. The molecule has 0 radical (unpaired) electrons. The average Bonchev–Trinajstić information content (AvgIpc) is 3.20. The minimum absolute atomic E-state index is 0.0208. The number of anilines is 1. The fourth-order valence-electron chi connectivity index (χ4n) is 3.30. The molecule has 6 heteroatoms. The summed E-state index contributed by atoms with van der Waals surface area (Å²) in [7, 11) is 0. The Hall–Kier alpha value is -3.02. The van der Waals surface area contributed by atoms with Crippen LogP contribution in [0.15, 0.2) is 41.1 Å². The Morgan fingerprint density at radius 2 is 2.12 bits per heavy atom. The van der Waals surface area contributed by atoms with Crippen LogP contribution in [-0.4, -0.2) is 21.0 Å². The summed E-state index contributed by atoms with van der Waals surface area (Å²) >= 11 is 0. The molecule has 4 rings (SSSR count). The average molecular weight is 334 g/mol. The zero-order chi connectivity index (χ0) is 17.4. The van der Waals surface area contributed by atoms with Crippen LogP contribution in [0, 0.1) is 13.8 Å². The lowest BCUT2D eigenvalue weighted by Gasteiger charge is -2.13. The Bertz CT molecular complexity index is 948. The number of pyridine rings is 1. The predicted molar refractivity (Wildman–Crippen MR) is 93.1 cm³/mol. The lowest BCUT2D eigenvalue weighted by Crippen LogP contribution is -2.19. The highest BCUT2D eigenvalue weighted by molar-refractivity contribution is 5.96. The second kappa shape index (κ2) is 6.12. The highest BCUT2D eigenvalue weighted by Crippen LogP contribution is 2.36. The van der Waals surface area contributed by atoms with Crippen LogP contribution in [0.25, 0.3) is 11.4 Å². The number of nitrogens with one attached hydrogen (secondary N) is 1. The highest BCUT2D eigenvalue weighted by atomic mass is 16.5. The first-order chi connectivity index (χ1) is 12.1. The van der Waals surface area contributed by atoms with Gasteiger partial charge in [-0.1, -0.05) is 17.3 Å². The second-order valence-electron chi connectivity index (χ2n) is 6.32. The van der Waals surface area contributed by atoms with Crippen molar-refractivity contribution in [3.63, 3.8) is 0 Å². The second-order valence-corrected chi connectivity index (χ2v) is 6.32. The number of nitrogens with zero attached hydrogens (tertiary/aromatic N) is 3. The Labute approximate surface area is 145 Å². The molecular weight excluding hydrogens is 316 g/mol. The molecule has 0 saturated carbocycles. The van der Waals surface area contributed by atoms with Crippen LogP contribution in [0.3, 0.4) is 0 Å². The van der Waals surface area contributed by atoms with Crippen LogP contribution in [0.2, 0.25) is 0 Å². The monoisotopic (exact) mass is 334 g/mol. The van der Waals surface area contributed by atoms with Crippen LogP contribution in [0.1, 0.15) is 35.1 Å². The van der Waals surface area contributed by atoms with E-state index in [-0.39, 0.29) is 11.8 Å². The molecule has 6 nitrogen and oxygen atoms in total. The maximum Gasteiger partial charge on any atom is 0.231 e. The number of hydrogen-bond acceptors (Lipinski definition) is 5. The molecule has 0 bridgehead atoms. The van der Waals surface area contributed by atoms with Crippen LogP contribution in [0.5, 0.6) is 0 Å². The number of fused-ring (bicyclic) bond motifs is 1. The number of aryl methyl sites for hydroxylation is 3. The number of amides is 1. The van der Waals surface area contributed by atoms with E-state index in [0.29, 0.717) is 11.7 Å². The van der Waals surface area contributed by atoms with Gasteiger partial charge in [0.05, 0.1) is 5.92 Å².